The number of carboxylic acid groups (broad SMARTS) is 1. The SMILES string of the molecule is O=C(O)c1ccc(NN[C@H]2CS(=O)(=O)C[C@H]2O)cc1. The number of hydrogen-bond acceptors (Lipinski definition) is 6. The van der Waals surface area contributed by atoms with Crippen LogP contribution >= 0.6 is 0 Å². The number of hydrogen-bond donors (Lipinski definition) is 4. The van der Waals surface area contributed by atoms with Crippen molar-refractivity contribution in [3.05, 3.63) is 29.8 Å². The normalized spacial score (nSPS) is 25.1. The fourth-order valence-corrected chi connectivity index (χ4v) is 3.58. The van der Waals surface area contributed by atoms with Gasteiger partial charge in [-0.05, 0) is 24.3 Å². The van der Waals surface area contributed by atoms with Crippen LogP contribution in [0, 0.1) is 0 Å². The molecule has 0 unspecified atom stereocenters. The number of sulfone groups is 1. The quantitative estimate of drug-likeness (QED) is 0.549. The molecule has 8 heteroatoms. The third kappa shape index (κ3) is 3.43. The van der Waals surface area contributed by atoms with Crippen molar-refractivity contribution in [3.8, 4) is 0 Å². The molecule has 1 aromatic rings. The first-order valence-corrected chi connectivity index (χ1v) is 7.43. The molecule has 0 saturated carbocycles. The van der Waals surface area contributed by atoms with Crippen LogP contribution in [0.15, 0.2) is 24.3 Å². The lowest BCUT2D eigenvalue weighted by molar-refractivity contribution is 0.0697. The van der Waals surface area contributed by atoms with E-state index in [1.165, 1.54) is 12.1 Å². The molecule has 0 spiro atoms. The molecular formula is C11H14N2O5S. The Morgan fingerprint density at radius 2 is 1.84 bits per heavy atom. The van der Waals surface area contributed by atoms with E-state index in [0.717, 1.165) is 0 Å². The van der Waals surface area contributed by atoms with Crippen LogP contribution in [0.4, 0.5) is 5.69 Å². The topological polar surface area (TPSA) is 116 Å². The number of anilines is 1. The highest BCUT2D eigenvalue weighted by Crippen LogP contribution is 2.13. The Kier molecular flexibility index (Phi) is 3.74. The van der Waals surface area contributed by atoms with Gasteiger partial charge in [-0.15, -0.1) is 0 Å². The van der Waals surface area contributed by atoms with E-state index in [2.05, 4.69) is 10.9 Å². The first-order valence-electron chi connectivity index (χ1n) is 5.61. The van der Waals surface area contributed by atoms with Gasteiger partial charge >= 0.3 is 5.97 Å². The maximum atomic E-state index is 11.3. The van der Waals surface area contributed by atoms with Gasteiger partial charge < -0.3 is 15.6 Å². The second-order valence-electron chi connectivity index (χ2n) is 4.40. The molecule has 19 heavy (non-hydrogen) atoms. The first-order chi connectivity index (χ1) is 8.87. The maximum absolute atomic E-state index is 11.3. The Labute approximate surface area is 110 Å². The molecule has 0 radical (unpaired) electrons. The summed E-state index contributed by atoms with van der Waals surface area (Å²) in [6, 6.07) is 5.37. The highest BCUT2D eigenvalue weighted by atomic mass is 32.2. The minimum Gasteiger partial charge on any atom is -0.478 e. The van der Waals surface area contributed by atoms with Gasteiger partial charge in [0.05, 0.1) is 29.2 Å². The summed E-state index contributed by atoms with van der Waals surface area (Å²) in [5, 5.41) is 18.3. The Balaban J connectivity index is 1.94. The average Bonchev–Trinajstić information content (AvgIpc) is 2.60. The molecule has 1 saturated heterocycles. The smallest absolute Gasteiger partial charge is 0.335 e. The number of carboxylic acids is 1. The van der Waals surface area contributed by atoms with Crippen LogP contribution in [0.25, 0.3) is 0 Å². The summed E-state index contributed by atoms with van der Waals surface area (Å²) < 4.78 is 22.6. The summed E-state index contributed by atoms with van der Waals surface area (Å²) in [5.74, 6) is -1.39. The van der Waals surface area contributed by atoms with Crippen molar-refractivity contribution in [2.45, 2.75) is 12.1 Å². The van der Waals surface area contributed by atoms with E-state index < -0.39 is 28.0 Å². The van der Waals surface area contributed by atoms with Gasteiger partial charge in [0.25, 0.3) is 0 Å². The number of carbonyl (C=O) groups is 1. The summed E-state index contributed by atoms with van der Waals surface area (Å²) in [4.78, 5) is 10.7. The summed E-state index contributed by atoms with van der Waals surface area (Å²) in [6.45, 7) is 0. The Bertz CT molecular complexity index is 569. The zero-order valence-corrected chi connectivity index (χ0v) is 10.7. The van der Waals surface area contributed by atoms with Crippen LogP contribution in [-0.2, 0) is 9.84 Å². The molecule has 104 valence electrons. The minimum absolute atomic E-state index is 0.131. The van der Waals surface area contributed by atoms with Crippen molar-refractivity contribution < 1.29 is 23.4 Å². The van der Waals surface area contributed by atoms with E-state index in [-0.39, 0.29) is 17.1 Å². The molecule has 0 aromatic heterocycles. The van der Waals surface area contributed by atoms with Crippen molar-refractivity contribution in [1.82, 2.24) is 5.43 Å². The largest absolute Gasteiger partial charge is 0.478 e. The predicted molar refractivity (Wildman–Crippen MR) is 68.6 cm³/mol. The number of aliphatic hydroxyl groups excluding tert-OH is 1. The molecule has 1 heterocycles. The van der Waals surface area contributed by atoms with Crippen LogP contribution in [0.5, 0.6) is 0 Å². The molecule has 0 aliphatic carbocycles. The highest BCUT2D eigenvalue weighted by molar-refractivity contribution is 7.91. The zero-order valence-electron chi connectivity index (χ0n) is 9.91. The molecule has 1 aromatic carbocycles. The van der Waals surface area contributed by atoms with E-state index in [0.29, 0.717) is 5.69 Å². The van der Waals surface area contributed by atoms with E-state index in [4.69, 9.17) is 5.11 Å². The highest BCUT2D eigenvalue weighted by Gasteiger charge is 2.36. The molecule has 1 aliphatic rings. The lowest BCUT2D eigenvalue weighted by Crippen LogP contribution is -2.42. The van der Waals surface area contributed by atoms with Gasteiger partial charge in [0, 0.05) is 5.69 Å². The van der Waals surface area contributed by atoms with Crippen LogP contribution in [0.1, 0.15) is 10.4 Å². The van der Waals surface area contributed by atoms with Crippen LogP contribution in [0.2, 0.25) is 0 Å². The third-order valence-corrected chi connectivity index (χ3v) is 4.57. The number of aromatic carboxylic acids is 1. The molecule has 1 fully saturated rings. The van der Waals surface area contributed by atoms with Crippen LogP contribution < -0.4 is 10.9 Å². The lowest BCUT2D eigenvalue weighted by Gasteiger charge is -2.16. The molecule has 2 atom stereocenters. The van der Waals surface area contributed by atoms with Crippen LogP contribution in [-0.4, -0.2) is 48.3 Å². The fraction of sp³-hybridized carbons (Fsp3) is 0.364. The minimum atomic E-state index is -3.20. The third-order valence-electron chi connectivity index (χ3n) is 2.86. The fourth-order valence-electron chi connectivity index (χ4n) is 1.84. The Morgan fingerprint density at radius 3 is 2.32 bits per heavy atom. The van der Waals surface area contributed by atoms with Crippen molar-refractivity contribution in [1.29, 1.82) is 0 Å². The number of aliphatic hydroxyl groups is 1. The molecule has 1 aliphatic heterocycles. The van der Waals surface area contributed by atoms with Crippen molar-refractivity contribution in [2.75, 3.05) is 16.9 Å². The zero-order chi connectivity index (χ0) is 14.0. The number of benzene rings is 1. The summed E-state index contributed by atoms with van der Waals surface area (Å²) in [6.07, 6.45) is -0.948. The van der Waals surface area contributed by atoms with Gasteiger partial charge in [-0.25, -0.2) is 18.6 Å². The molecule has 7 nitrogen and oxygen atoms in total. The first kappa shape index (κ1) is 13.8. The second kappa shape index (κ2) is 5.16. The lowest BCUT2D eigenvalue weighted by atomic mass is 10.2. The van der Waals surface area contributed by atoms with Gasteiger partial charge in [-0.1, -0.05) is 0 Å². The van der Waals surface area contributed by atoms with E-state index in [1.54, 1.807) is 12.1 Å². The average molecular weight is 286 g/mol. The molecule has 4 N–H and O–H groups in total. The molecule has 2 rings (SSSR count). The standard InChI is InChI=1S/C11H14N2O5S/c14-10-6-19(17,18)5-9(10)13-12-8-3-1-7(2-4-8)11(15)16/h1-4,9-10,12-14H,5-6H2,(H,15,16)/t9-,10+/m0/s1. The predicted octanol–water partition coefficient (Wildman–Crippen LogP) is -0.541. The van der Waals surface area contributed by atoms with Gasteiger partial charge in [0.15, 0.2) is 9.84 Å². The molecular weight excluding hydrogens is 272 g/mol. The van der Waals surface area contributed by atoms with E-state index >= 15 is 0 Å². The molecule has 0 bridgehead atoms. The maximum Gasteiger partial charge on any atom is 0.335 e. The van der Waals surface area contributed by atoms with Gasteiger partial charge in [0.1, 0.15) is 0 Å². The van der Waals surface area contributed by atoms with E-state index in [1.807, 2.05) is 0 Å². The summed E-state index contributed by atoms with van der Waals surface area (Å²) in [7, 11) is -3.20. The van der Waals surface area contributed by atoms with Gasteiger partial charge in [-0.2, -0.15) is 0 Å². The Morgan fingerprint density at radius 1 is 1.21 bits per heavy atom. The molecule has 0 amide bonds. The second-order valence-corrected chi connectivity index (χ2v) is 6.56. The van der Waals surface area contributed by atoms with Crippen molar-refractivity contribution in [2.24, 2.45) is 0 Å². The Hall–Kier alpha value is -1.64. The summed E-state index contributed by atoms with van der Waals surface area (Å²) in [5.41, 5.74) is 6.22. The van der Waals surface area contributed by atoms with Gasteiger partial charge in [-0.3, -0.25) is 0 Å². The number of nitrogens with one attached hydrogen (secondary N) is 2. The van der Waals surface area contributed by atoms with Crippen molar-refractivity contribution >= 4 is 21.5 Å². The van der Waals surface area contributed by atoms with Crippen LogP contribution in [0.3, 0.4) is 0 Å². The van der Waals surface area contributed by atoms with Crippen molar-refractivity contribution in [3.63, 3.8) is 0 Å². The monoisotopic (exact) mass is 286 g/mol. The van der Waals surface area contributed by atoms with Gasteiger partial charge in [0.2, 0.25) is 0 Å². The summed E-state index contributed by atoms with van der Waals surface area (Å²) >= 11 is 0. The van der Waals surface area contributed by atoms with E-state index in [9.17, 15) is 18.3 Å². The number of hydrazine groups is 1. The number of rotatable bonds is 4.